The molecule has 1 heterocycles. The fourth-order valence-corrected chi connectivity index (χ4v) is 6.90. The number of benzene rings is 4. The van der Waals surface area contributed by atoms with Crippen LogP contribution in [0.1, 0.15) is 42.9 Å². The molecule has 4 nitrogen and oxygen atoms in total. The lowest BCUT2D eigenvalue weighted by molar-refractivity contribution is 0.428. The molecule has 6 rings (SSSR count). The van der Waals surface area contributed by atoms with E-state index in [0.29, 0.717) is 17.4 Å². The second-order valence-corrected chi connectivity index (χ2v) is 11.1. The van der Waals surface area contributed by atoms with Crippen molar-refractivity contribution in [1.29, 1.82) is 0 Å². The summed E-state index contributed by atoms with van der Waals surface area (Å²) in [5.74, 6) is 0.503. The minimum Gasteiger partial charge on any atom is -0.378 e. The SMILES string of the molecule is CCCNS(=O)(=O)c1ccc2c(c1)C1C=CCC1C(c1c3ccccc3cc3ccccc13)N2. The number of nitrogens with one attached hydrogen (secondary N) is 2. The Hall–Kier alpha value is -3.15. The van der Waals surface area contributed by atoms with Gasteiger partial charge >= 0.3 is 0 Å². The van der Waals surface area contributed by atoms with Crippen LogP contribution in [-0.2, 0) is 10.0 Å². The van der Waals surface area contributed by atoms with E-state index in [2.05, 4.69) is 76.8 Å². The first-order chi connectivity index (χ1) is 16.6. The highest BCUT2D eigenvalue weighted by Gasteiger charge is 2.39. The summed E-state index contributed by atoms with van der Waals surface area (Å²) in [4.78, 5) is 0.342. The van der Waals surface area contributed by atoms with E-state index in [1.165, 1.54) is 27.1 Å². The van der Waals surface area contributed by atoms with Crippen molar-refractivity contribution in [3.05, 3.63) is 96.1 Å². The maximum Gasteiger partial charge on any atom is 0.240 e. The zero-order chi connectivity index (χ0) is 23.3. The monoisotopic (exact) mass is 468 g/mol. The molecule has 4 aromatic carbocycles. The van der Waals surface area contributed by atoms with Gasteiger partial charge in [-0.1, -0.05) is 67.6 Å². The van der Waals surface area contributed by atoms with Crippen molar-refractivity contribution in [1.82, 2.24) is 4.72 Å². The molecule has 0 amide bonds. The van der Waals surface area contributed by atoms with Gasteiger partial charge in [-0.15, -0.1) is 0 Å². The first kappa shape index (κ1) is 21.4. The van der Waals surface area contributed by atoms with Crippen molar-refractivity contribution in [2.24, 2.45) is 5.92 Å². The smallest absolute Gasteiger partial charge is 0.240 e. The Kier molecular flexibility index (Phi) is 5.19. The number of hydrogen-bond acceptors (Lipinski definition) is 3. The molecular formula is C29H28N2O2S. The average Bonchev–Trinajstić information content (AvgIpc) is 3.36. The zero-order valence-corrected chi connectivity index (χ0v) is 20.0. The van der Waals surface area contributed by atoms with Crippen molar-refractivity contribution in [3.8, 4) is 0 Å². The van der Waals surface area contributed by atoms with Gasteiger partial charge in [0.15, 0.2) is 0 Å². The number of rotatable bonds is 5. The number of anilines is 1. The van der Waals surface area contributed by atoms with Crippen LogP contribution in [0.5, 0.6) is 0 Å². The predicted octanol–water partition coefficient (Wildman–Crippen LogP) is 6.51. The summed E-state index contributed by atoms with van der Waals surface area (Å²) in [5.41, 5.74) is 3.42. The highest BCUT2D eigenvalue weighted by Crippen LogP contribution is 2.52. The fraction of sp³-hybridized carbons (Fsp3) is 0.241. The third-order valence-electron chi connectivity index (χ3n) is 7.31. The van der Waals surface area contributed by atoms with Crippen molar-refractivity contribution in [3.63, 3.8) is 0 Å². The van der Waals surface area contributed by atoms with Gasteiger partial charge in [-0.2, -0.15) is 0 Å². The second-order valence-electron chi connectivity index (χ2n) is 9.35. The van der Waals surface area contributed by atoms with Gasteiger partial charge in [0.2, 0.25) is 10.0 Å². The van der Waals surface area contributed by atoms with Crippen LogP contribution in [0.4, 0.5) is 5.69 Å². The largest absolute Gasteiger partial charge is 0.378 e. The van der Waals surface area contributed by atoms with Gasteiger partial charge in [0.25, 0.3) is 0 Å². The fourth-order valence-electron chi connectivity index (χ4n) is 5.73. The summed E-state index contributed by atoms with van der Waals surface area (Å²) >= 11 is 0. The van der Waals surface area contributed by atoms with E-state index in [0.717, 1.165) is 24.1 Å². The highest BCUT2D eigenvalue weighted by atomic mass is 32.2. The highest BCUT2D eigenvalue weighted by molar-refractivity contribution is 7.89. The summed E-state index contributed by atoms with van der Waals surface area (Å²) in [7, 11) is -3.51. The van der Waals surface area contributed by atoms with Crippen LogP contribution in [0.3, 0.4) is 0 Å². The van der Waals surface area contributed by atoms with E-state index in [9.17, 15) is 8.42 Å². The Morgan fingerprint density at radius 2 is 1.65 bits per heavy atom. The molecule has 1 aliphatic heterocycles. The lowest BCUT2D eigenvalue weighted by Gasteiger charge is -2.38. The third-order valence-corrected chi connectivity index (χ3v) is 8.77. The third kappa shape index (κ3) is 3.42. The molecule has 3 atom stereocenters. The molecule has 2 aliphatic rings. The molecule has 0 radical (unpaired) electrons. The lowest BCUT2D eigenvalue weighted by Crippen LogP contribution is -2.30. The topological polar surface area (TPSA) is 58.2 Å². The number of sulfonamides is 1. The molecule has 34 heavy (non-hydrogen) atoms. The second kappa shape index (κ2) is 8.26. The van der Waals surface area contributed by atoms with Crippen LogP contribution in [0, 0.1) is 5.92 Å². The Balaban J connectivity index is 1.51. The number of fused-ring (bicyclic) bond motifs is 5. The molecule has 1 aliphatic carbocycles. The van der Waals surface area contributed by atoms with Gasteiger partial charge < -0.3 is 5.32 Å². The molecule has 3 unspecified atom stereocenters. The molecule has 0 aromatic heterocycles. The predicted molar refractivity (Wildman–Crippen MR) is 140 cm³/mol. The molecule has 0 spiro atoms. The van der Waals surface area contributed by atoms with Crippen LogP contribution in [-0.4, -0.2) is 15.0 Å². The Bertz CT molecular complexity index is 1490. The first-order valence-electron chi connectivity index (χ1n) is 12.0. The van der Waals surface area contributed by atoms with Gasteiger partial charge in [0.05, 0.1) is 10.9 Å². The average molecular weight is 469 g/mol. The molecule has 2 N–H and O–H groups in total. The summed E-state index contributed by atoms with van der Waals surface area (Å²) in [6, 6.07) is 25.2. The van der Waals surface area contributed by atoms with Crippen LogP contribution in [0.2, 0.25) is 0 Å². The zero-order valence-electron chi connectivity index (χ0n) is 19.2. The van der Waals surface area contributed by atoms with Gasteiger partial charge in [0.1, 0.15) is 0 Å². The van der Waals surface area contributed by atoms with Crippen LogP contribution in [0.15, 0.2) is 89.8 Å². The van der Waals surface area contributed by atoms with Gasteiger partial charge in [-0.3, -0.25) is 0 Å². The van der Waals surface area contributed by atoms with Crippen molar-refractivity contribution < 1.29 is 8.42 Å². The van der Waals surface area contributed by atoms with E-state index in [1.807, 2.05) is 19.1 Å². The minimum atomic E-state index is -3.51. The number of allylic oxidation sites excluding steroid dienone is 2. The molecule has 0 saturated heterocycles. The summed E-state index contributed by atoms with van der Waals surface area (Å²) in [6.45, 7) is 2.41. The van der Waals surface area contributed by atoms with Crippen LogP contribution >= 0.6 is 0 Å². The quantitative estimate of drug-likeness (QED) is 0.259. The number of hydrogen-bond donors (Lipinski definition) is 2. The van der Waals surface area contributed by atoms with Crippen molar-refractivity contribution in [2.75, 3.05) is 11.9 Å². The summed E-state index contributed by atoms with van der Waals surface area (Å²) in [5, 5.41) is 8.87. The molecular weight excluding hydrogens is 440 g/mol. The van der Waals surface area contributed by atoms with Crippen molar-refractivity contribution >= 4 is 37.3 Å². The Labute approximate surface area is 200 Å². The van der Waals surface area contributed by atoms with Gasteiger partial charge in [-0.25, -0.2) is 13.1 Å². The maximum atomic E-state index is 12.8. The molecule has 4 aromatic rings. The van der Waals surface area contributed by atoms with Gasteiger partial charge in [0, 0.05) is 18.2 Å². The lowest BCUT2D eigenvalue weighted by atomic mass is 9.75. The Morgan fingerprint density at radius 3 is 2.35 bits per heavy atom. The van der Waals surface area contributed by atoms with Crippen LogP contribution < -0.4 is 10.0 Å². The molecule has 0 fully saturated rings. The van der Waals surface area contributed by atoms with E-state index < -0.39 is 10.0 Å². The standard InChI is InChI=1S/C29H28N2O2S/c1-2-16-30-34(32,33)21-14-15-27-26(18-21)24-12-7-13-25(24)29(31-27)28-22-10-5-3-8-19(22)17-20-9-4-6-11-23(20)28/h3-12,14-15,17-18,24-25,29-31H,2,13,16H2,1H3. The van der Waals surface area contributed by atoms with Gasteiger partial charge in [-0.05, 0) is 75.7 Å². The molecule has 0 bridgehead atoms. The molecule has 172 valence electrons. The van der Waals surface area contributed by atoms with E-state index in [4.69, 9.17) is 0 Å². The van der Waals surface area contributed by atoms with E-state index in [1.54, 1.807) is 6.07 Å². The molecule has 5 heteroatoms. The summed E-state index contributed by atoms with van der Waals surface area (Å²) < 4.78 is 28.3. The van der Waals surface area contributed by atoms with E-state index >= 15 is 0 Å². The Morgan fingerprint density at radius 1 is 0.941 bits per heavy atom. The minimum absolute atomic E-state index is 0.129. The van der Waals surface area contributed by atoms with Crippen LogP contribution in [0.25, 0.3) is 21.5 Å². The normalized spacial score (nSPS) is 21.4. The first-order valence-corrected chi connectivity index (χ1v) is 13.5. The molecule has 0 saturated carbocycles. The van der Waals surface area contributed by atoms with E-state index in [-0.39, 0.29) is 12.0 Å². The van der Waals surface area contributed by atoms with Crippen molar-refractivity contribution in [2.45, 2.75) is 36.6 Å². The summed E-state index contributed by atoms with van der Waals surface area (Å²) in [6.07, 6.45) is 6.24. The maximum absolute atomic E-state index is 12.8.